The maximum Gasteiger partial charge on any atom is 0.256 e. The standard InChI is InChI=1S/C14H17NO4S3/c1-19-13-3-5-21-14(13)22(17,18)15-6-11(8-16)12(7-15)10-2-4-20-9-10/h2-5,9,11-12,16H,6-8H2,1H3/t11-,12+/m1/s1. The molecule has 0 amide bonds. The predicted molar refractivity (Wildman–Crippen MR) is 87.3 cm³/mol. The highest BCUT2D eigenvalue weighted by Crippen LogP contribution is 2.39. The molecule has 1 N–H and O–H groups in total. The Morgan fingerprint density at radius 2 is 2.18 bits per heavy atom. The van der Waals surface area contributed by atoms with Crippen LogP contribution in [0.1, 0.15) is 11.5 Å². The van der Waals surface area contributed by atoms with Gasteiger partial charge in [0.15, 0.2) is 4.21 Å². The van der Waals surface area contributed by atoms with Crippen LogP contribution in [0.15, 0.2) is 32.5 Å². The fraction of sp³-hybridized carbons (Fsp3) is 0.429. The van der Waals surface area contributed by atoms with E-state index in [2.05, 4.69) is 0 Å². The third-order valence-corrected chi connectivity index (χ3v) is 7.96. The molecule has 1 aliphatic rings. The molecular weight excluding hydrogens is 342 g/mol. The maximum absolute atomic E-state index is 12.8. The molecule has 22 heavy (non-hydrogen) atoms. The Morgan fingerprint density at radius 3 is 2.82 bits per heavy atom. The Balaban J connectivity index is 1.90. The predicted octanol–water partition coefficient (Wildman–Crippen LogP) is 2.21. The molecule has 1 aliphatic heterocycles. The molecule has 3 rings (SSSR count). The first kappa shape index (κ1) is 15.9. The highest BCUT2D eigenvalue weighted by molar-refractivity contribution is 7.91. The summed E-state index contributed by atoms with van der Waals surface area (Å²) in [6, 6.07) is 3.66. The third kappa shape index (κ3) is 2.69. The minimum Gasteiger partial charge on any atom is -0.494 e. The average molecular weight is 359 g/mol. The Labute approximate surface area is 137 Å². The van der Waals surface area contributed by atoms with Crippen LogP contribution in [0.5, 0.6) is 5.75 Å². The first-order valence-electron chi connectivity index (χ1n) is 6.82. The van der Waals surface area contributed by atoms with Crippen LogP contribution >= 0.6 is 22.7 Å². The average Bonchev–Trinajstić information content (AvgIpc) is 3.24. The van der Waals surface area contributed by atoms with Crippen molar-refractivity contribution in [3.05, 3.63) is 33.8 Å². The lowest BCUT2D eigenvalue weighted by atomic mass is 9.92. The van der Waals surface area contributed by atoms with Crippen molar-refractivity contribution < 1.29 is 18.3 Å². The number of sulfonamides is 1. The van der Waals surface area contributed by atoms with Crippen LogP contribution in [-0.4, -0.2) is 44.6 Å². The van der Waals surface area contributed by atoms with Gasteiger partial charge in [-0.3, -0.25) is 0 Å². The number of rotatable bonds is 5. The lowest BCUT2D eigenvalue weighted by Gasteiger charge is -2.16. The fourth-order valence-electron chi connectivity index (χ4n) is 2.82. The van der Waals surface area contributed by atoms with E-state index in [0.29, 0.717) is 18.8 Å². The van der Waals surface area contributed by atoms with E-state index in [1.54, 1.807) is 22.8 Å². The summed E-state index contributed by atoms with van der Waals surface area (Å²) in [6.07, 6.45) is 0. The van der Waals surface area contributed by atoms with Gasteiger partial charge in [-0.1, -0.05) is 0 Å². The number of hydrogen-bond donors (Lipinski definition) is 1. The highest BCUT2D eigenvalue weighted by Gasteiger charge is 2.41. The summed E-state index contributed by atoms with van der Waals surface area (Å²) in [6.45, 7) is 0.708. The Hall–Kier alpha value is -0.930. The smallest absolute Gasteiger partial charge is 0.256 e. The van der Waals surface area contributed by atoms with E-state index in [-0.39, 0.29) is 22.7 Å². The van der Waals surface area contributed by atoms with Gasteiger partial charge in [0, 0.05) is 31.5 Å². The van der Waals surface area contributed by atoms with Gasteiger partial charge in [0.25, 0.3) is 10.0 Å². The molecule has 0 spiro atoms. The normalized spacial score (nSPS) is 23.0. The van der Waals surface area contributed by atoms with Crippen molar-refractivity contribution in [3.8, 4) is 5.75 Å². The van der Waals surface area contributed by atoms with E-state index in [4.69, 9.17) is 4.74 Å². The molecule has 0 aliphatic carbocycles. The molecule has 0 bridgehead atoms. The molecule has 3 heterocycles. The van der Waals surface area contributed by atoms with Gasteiger partial charge in [-0.15, -0.1) is 11.3 Å². The molecule has 0 radical (unpaired) electrons. The molecule has 1 saturated heterocycles. The van der Waals surface area contributed by atoms with E-state index in [9.17, 15) is 13.5 Å². The summed E-state index contributed by atoms with van der Waals surface area (Å²) >= 11 is 2.74. The monoisotopic (exact) mass is 359 g/mol. The van der Waals surface area contributed by atoms with Crippen LogP contribution in [0.3, 0.4) is 0 Å². The molecule has 2 aromatic heterocycles. The van der Waals surface area contributed by atoms with Gasteiger partial charge in [0.2, 0.25) is 0 Å². The van der Waals surface area contributed by atoms with E-state index >= 15 is 0 Å². The summed E-state index contributed by atoms with van der Waals surface area (Å²) in [5.41, 5.74) is 1.10. The minimum atomic E-state index is -3.59. The summed E-state index contributed by atoms with van der Waals surface area (Å²) in [4.78, 5) is 0. The van der Waals surface area contributed by atoms with Crippen molar-refractivity contribution in [3.63, 3.8) is 0 Å². The second-order valence-electron chi connectivity index (χ2n) is 5.20. The molecular formula is C14H17NO4S3. The van der Waals surface area contributed by atoms with Crippen LogP contribution < -0.4 is 4.74 Å². The first-order chi connectivity index (χ1) is 10.6. The van der Waals surface area contributed by atoms with Gasteiger partial charge in [-0.2, -0.15) is 15.6 Å². The molecule has 2 atom stereocenters. The van der Waals surface area contributed by atoms with Crippen LogP contribution in [-0.2, 0) is 10.0 Å². The molecule has 8 heteroatoms. The SMILES string of the molecule is COc1ccsc1S(=O)(=O)N1C[C@H](CO)[C@H](c2ccsc2)C1. The Morgan fingerprint density at radius 1 is 1.36 bits per heavy atom. The van der Waals surface area contributed by atoms with Crippen LogP contribution in [0, 0.1) is 5.92 Å². The van der Waals surface area contributed by atoms with Gasteiger partial charge in [0.05, 0.1) is 7.11 Å². The lowest BCUT2D eigenvalue weighted by molar-refractivity contribution is 0.223. The van der Waals surface area contributed by atoms with Crippen molar-refractivity contribution in [2.24, 2.45) is 5.92 Å². The van der Waals surface area contributed by atoms with E-state index < -0.39 is 10.0 Å². The zero-order valence-electron chi connectivity index (χ0n) is 12.0. The van der Waals surface area contributed by atoms with Crippen molar-refractivity contribution in [2.45, 2.75) is 10.1 Å². The number of aliphatic hydroxyl groups excluding tert-OH is 1. The highest BCUT2D eigenvalue weighted by atomic mass is 32.2. The number of thiophene rings is 2. The quantitative estimate of drug-likeness (QED) is 0.889. The molecule has 120 valence electrons. The van der Waals surface area contributed by atoms with E-state index in [1.807, 2.05) is 16.8 Å². The molecule has 5 nitrogen and oxygen atoms in total. The number of ether oxygens (including phenoxy) is 1. The largest absolute Gasteiger partial charge is 0.494 e. The third-order valence-electron chi connectivity index (χ3n) is 4.00. The number of hydrogen-bond acceptors (Lipinski definition) is 6. The minimum absolute atomic E-state index is 0.0197. The zero-order chi connectivity index (χ0) is 15.7. The van der Waals surface area contributed by atoms with Gasteiger partial charge < -0.3 is 9.84 Å². The molecule has 0 aromatic carbocycles. The van der Waals surface area contributed by atoms with Crippen LogP contribution in [0.4, 0.5) is 0 Å². The molecule has 0 saturated carbocycles. The first-order valence-corrected chi connectivity index (χ1v) is 10.1. The van der Waals surface area contributed by atoms with E-state index in [1.165, 1.54) is 11.4 Å². The molecule has 0 unspecified atom stereocenters. The van der Waals surface area contributed by atoms with Gasteiger partial charge in [-0.05, 0) is 33.8 Å². The summed E-state index contributed by atoms with van der Waals surface area (Å²) < 4.78 is 32.5. The fourth-order valence-corrected chi connectivity index (χ4v) is 6.48. The van der Waals surface area contributed by atoms with Crippen molar-refractivity contribution in [1.82, 2.24) is 4.31 Å². The summed E-state index contributed by atoms with van der Waals surface area (Å²) in [7, 11) is -2.12. The Bertz CT molecular complexity index is 723. The second-order valence-corrected chi connectivity index (χ2v) is 9.03. The van der Waals surface area contributed by atoms with Gasteiger partial charge in [0.1, 0.15) is 5.75 Å². The van der Waals surface area contributed by atoms with Crippen molar-refractivity contribution in [1.29, 1.82) is 0 Å². The number of nitrogens with zero attached hydrogens (tertiary/aromatic N) is 1. The van der Waals surface area contributed by atoms with Crippen LogP contribution in [0.25, 0.3) is 0 Å². The molecule has 1 fully saturated rings. The van der Waals surface area contributed by atoms with Crippen molar-refractivity contribution >= 4 is 32.7 Å². The lowest BCUT2D eigenvalue weighted by Crippen LogP contribution is -2.29. The zero-order valence-corrected chi connectivity index (χ0v) is 14.5. The maximum atomic E-state index is 12.8. The van der Waals surface area contributed by atoms with Gasteiger partial charge >= 0.3 is 0 Å². The summed E-state index contributed by atoms with van der Waals surface area (Å²) in [5.74, 6) is 0.344. The van der Waals surface area contributed by atoms with Crippen molar-refractivity contribution in [2.75, 3.05) is 26.8 Å². The molecule has 2 aromatic rings. The summed E-state index contributed by atoms with van der Waals surface area (Å²) in [5, 5.41) is 15.3. The second kappa shape index (κ2) is 6.29. The Kier molecular flexibility index (Phi) is 4.56. The number of aliphatic hydroxyl groups is 1. The number of methoxy groups -OCH3 is 1. The van der Waals surface area contributed by atoms with Gasteiger partial charge in [-0.25, -0.2) is 8.42 Å². The topological polar surface area (TPSA) is 66.8 Å². The van der Waals surface area contributed by atoms with E-state index in [0.717, 1.165) is 16.9 Å². The van der Waals surface area contributed by atoms with Crippen LogP contribution in [0.2, 0.25) is 0 Å².